The number of ketones is 2. The minimum atomic E-state index is -0.434. The van der Waals surface area contributed by atoms with Crippen LogP contribution in [-0.2, 0) is 19.1 Å². The van der Waals surface area contributed by atoms with Crippen molar-refractivity contribution >= 4 is 23.8 Å². The van der Waals surface area contributed by atoms with E-state index >= 15 is 0 Å². The standard InChI is InChI=1S/2C14H23NO3/c2*1-14(2,3)18-13(17)15-7-6-10-8-12(16)5-4-11(10)9-15/h2*10-11H,4-9H2,1-3H3/t2*10-,11-/m10/s1. The summed E-state index contributed by atoms with van der Waals surface area (Å²) in [5.41, 5.74) is -0.868. The van der Waals surface area contributed by atoms with Crippen molar-refractivity contribution in [2.24, 2.45) is 23.7 Å². The van der Waals surface area contributed by atoms with Crippen molar-refractivity contribution in [1.29, 1.82) is 0 Å². The number of carbonyl (C=O) groups excluding carboxylic acids is 4. The predicted molar refractivity (Wildman–Crippen MR) is 137 cm³/mol. The van der Waals surface area contributed by atoms with E-state index in [1.807, 2.05) is 51.3 Å². The number of hydrogen-bond donors (Lipinski definition) is 0. The number of fused-ring (bicyclic) bond motifs is 2. The van der Waals surface area contributed by atoms with Crippen LogP contribution < -0.4 is 0 Å². The number of hydrogen-bond acceptors (Lipinski definition) is 6. The van der Waals surface area contributed by atoms with E-state index in [1.54, 1.807) is 0 Å². The number of carbonyl (C=O) groups is 4. The molecule has 2 saturated carbocycles. The Morgan fingerprint density at radius 3 is 1.33 bits per heavy atom. The van der Waals surface area contributed by atoms with Crippen LogP contribution in [0.15, 0.2) is 0 Å². The van der Waals surface area contributed by atoms with E-state index < -0.39 is 11.2 Å². The molecule has 0 N–H and O–H groups in total. The Bertz CT molecular complexity index is 759. The van der Waals surface area contributed by atoms with Crippen molar-refractivity contribution in [3.63, 3.8) is 0 Å². The van der Waals surface area contributed by atoms with E-state index in [1.165, 1.54) is 0 Å². The minimum Gasteiger partial charge on any atom is -0.444 e. The first-order valence-electron chi connectivity index (χ1n) is 13.7. The fourth-order valence-corrected chi connectivity index (χ4v) is 5.82. The highest BCUT2D eigenvalue weighted by Crippen LogP contribution is 2.36. The molecule has 0 radical (unpaired) electrons. The van der Waals surface area contributed by atoms with Crippen LogP contribution in [-0.4, -0.2) is 70.9 Å². The second-order valence-electron chi connectivity index (χ2n) is 13.0. The molecule has 204 valence electrons. The summed E-state index contributed by atoms with van der Waals surface area (Å²) < 4.78 is 10.8. The SMILES string of the molecule is CC(C)(C)OC(=O)N1CC[C@@H]2CC(=O)CC[C@@H]2C1.CC(C)(C)OC(=O)N1CC[C@H]2CC(=O)CC[C@H]2C1. The molecule has 0 unspecified atom stereocenters. The molecule has 4 atom stereocenters. The fourth-order valence-electron chi connectivity index (χ4n) is 5.82. The lowest BCUT2D eigenvalue weighted by Gasteiger charge is -2.40. The van der Waals surface area contributed by atoms with Gasteiger partial charge in [0.15, 0.2) is 0 Å². The van der Waals surface area contributed by atoms with Crippen molar-refractivity contribution in [2.45, 2.75) is 104 Å². The van der Waals surface area contributed by atoms with E-state index in [9.17, 15) is 19.2 Å². The van der Waals surface area contributed by atoms with Gasteiger partial charge < -0.3 is 19.3 Å². The summed E-state index contributed by atoms with van der Waals surface area (Å²) in [5, 5.41) is 0. The fraction of sp³-hybridized carbons (Fsp3) is 0.857. The van der Waals surface area contributed by atoms with Crippen LogP contribution in [0.2, 0.25) is 0 Å². The molecule has 8 heteroatoms. The van der Waals surface area contributed by atoms with Crippen LogP contribution in [0, 0.1) is 23.7 Å². The molecule has 0 aromatic rings. The van der Waals surface area contributed by atoms with E-state index in [0.717, 1.165) is 51.9 Å². The molecule has 0 aromatic heterocycles. The van der Waals surface area contributed by atoms with Crippen molar-refractivity contribution in [1.82, 2.24) is 9.80 Å². The zero-order chi connectivity index (χ0) is 26.7. The Hall–Kier alpha value is -2.12. The highest BCUT2D eigenvalue weighted by atomic mass is 16.6. The number of piperidine rings is 2. The third-order valence-electron chi connectivity index (χ3n) is 7.65. The monoisotopic (exact) mass is 506 g/mol. The van der Waals surface area contributed by atoms with Gasteiger partial charge in [-0.3, -0.25) is 9.59 Å². The number of nitrogens with zero attached hydrogens (tertiary/aromatic N) is 2. The van der Waals surface area contributed by atoms with Gasteiger partial charge in [0.05, 0.1) is 0 Å². The van der Waals surface area contributed by atoms with Crippen LogP contribution in [0.25, 0.3) is 0 Å². The lowest BCUT2D eigenvalue weighted by atomic mass is 9.74. The van der Waals surface area contributed by atoms with Gasteiger partial charge in [0.25, 0.3) is 0 Å². The van der Waals surface area contributed by atoms with Crippen LogP contribution in [0.1, 0.15) is 92.9 Å². The van der Waals surface area contributed by atoms with Gasteiger partial charge in [-0.25, -0.2) is 9.59 Å². The molecular weight excluding hydrogens is 460 g/mol. The highest BCUT2D eigenvalue weighted by molar-refractivity contribution is 5.80. The molecule has 36 heavy (non-hydrogen) atoms. The van der Waals surface area contributed by atoms with Crippen LogP contribution >= 0.6 is 0 Å². The molecule has 0 aromatic carbocycles. The van der Waals surface area contributed by atoms with Crippen LogP contribution in [0.5, 0.6) is 0 Å². The maximum atomic E-state index is 12.0. The Balaban J connectivity index is 0.000000201. The molecular formula is C28H46N2O6. The summed E-state index contributed by atoms with van der Waals surface area (Å²) in [6.07, 6.45) is 6.12. The minimum absolute atomic E-state index is 0.210. The topological polar surface area (TPSA) is 93.2 Å². The first-order chi connectivity index (χ1) is 16.7. The smallest absolute Gasteiger partial charge is 0.410 e. The van der Waals surface area contributed by atoms with Gasteiger partial charge in [-0.15, -0.1) is 0 Å². The number of rotatable bonds is 0. The van der Waals surface area contributed by atoms with Gasteiger partial charge in [-0.1, -0.05) is 0 Å². The number of Topliss-reactive ketones (excluding diaryl/α,β-unsaturated/α-hetero) is 2. The van der Waals surface area contributed by atoms with Crippen molar-refractivity contribution in [3.8, 4) is 0 Å². The molecule has 0 spiro atoms. The lowest BCUT2D eigenvalue weighted by Crippen LogP contribution is -2.47. The highest BCUT2D eigenvalue weighted by Gasteiger charge is 2.38. The van der Waals surface area contributed by atoms with E-state index in [2.05, 4.69) is 0 Å². The summed E-state index contributed by atoms with van der Waals surface area (Å²) in [4.78, 5) is 50.4. The maximum Gasteiger partial charge on any atom is 0.410 e. The van der Waals surface area contributed by atoms with Gasteiger partial charge in [-0.2, -0.15) is 0 Å². The van der Waals surface area contributed by atoms with Crippen molar-refractivity contribution < 1.29 is 28.7 Å². The third-order valence-corrected chi connectivity index (χ3v) is 7.65. The average molecular weight is 507 g/mol. The lowest BCUT2D eigenvalue weighted by molar-refractivity contribution is -0.124. The van der Waals surface area contributed by atoms with E-state index in [4.69, 9.17) is 9.47 Å². The molecule has 2 amide bonds. The second kappa shape index (κ2) is 11.5. The van der Waals surface area contributed by atoms with E-state index in [0.29, 0.717) is 60.9 Å². The zero-order valence-electron chi connectivity index (χ0n) is 23.1. The van der Waals surface area contributed by atoms with E-state index in [-0.39, 0.29) is 12.2 Å². The Kier molecular flexibility index (Phi) is 9.10. The first kappa shape index (κ1) is 28.5. The van der Waals surface area contributed by atoms with Gasteiger partial charge >= 0.3 is 12.2 Å². The van der Waals surface area contributed by atoms with Crippen LogP contribution in [0.4, 0.5) is 9.59 Å². The summed E-state index contributed by atoms with van der Waals surface area (Å²) in [7, 11) is 0. The maximum absolute atomic E-state index is 12.0. The first-order valence-corrected chi connectivity index (χ1v) is 13.7. The van der Waals surface area contributed by atoms with Crippen LogP contribution in [0.3, 0.4) is 0 Å². The Morgan fingerprint density at radius 2 is 1.00 bits per heavy atom. The van der Waals surface area contributed by atoms with Gasteiger partial charge in [0.2, 0.25) is 0 Å². The predicted octanol–water partition coefficient (Wildman–Crippen LogP) is 5.23. The molecule has 2 aliphatic heterocycles. The third kappa shape index (κ3) is 8.48. The Morgan fingerprint density at radius 1 is 0.639 bits per heavy atom. The number of likely N-dealkylation sites (tertiary alicyclic amines) is 2. The molecule has 8 nitrogen and oxygen atoms in total. The average Bonchev–Trinajstić information content (AvgIpc) is 2.76. The van der Waals surface area contributed by atoms with Gasteiger partial charge in [0, 0.05) is 51.9 Å². The molecule has 0 bridgehead atoms. The molecule has 4 fully saturated rings. The zero-order valence-corrected chi connectivity index (χ0v) is 23.1. The second-order valence-corrected chi connectivity index (χ2v) is 13.0. The molecule has 2 saturated heterocycles. The summed E-state index contributed by atoms with van der Waals surface area (Å²) >= 11 is 0. The number of amides is 2. The molecule has 4 aliphatic rings. The molecule has 4 rings (SSSR count). The normalized spacial score (nSPS) is 28.8. The van der Waals surface area contributed by atoms with Crippen molar-refractivity contribution in [3.05, 3.63) is 0 Å². The van der Waals surface area contributed by atoms with Gasteiger partial charge in [0.1, 0.15) is 22.8 Å². The van der Waals surface area contributed by atoms with Crippen molar-refractivity contribution in [2.75, 3.05) is 26.2 Å². The van der Waals surface area contributed by atoms with Gasteiger partial charge in [-0.05, 0) is 90.9 Å². The summed E-state index contributed by atoms with van der Waals surface area (Å²) in [5.74, 6) is 2.74. The molecule has 2 aliphatic carbocycles. The quantitative estimate of drug-likeness (QED) is 0.447. The summed E-state index contributed by atoms with van der Waals surface area (Å²) in [6.45, 7) is 14.3. The Labute approximate surface area is 216 Å². The summed E-state index contributed by atoms with van der Waals surface area (Å²) in [6, 6.07) is 0. The molecule has 2 heterocycles. The number of ether oxygens (including phenoxy) is 2. The largest absolute Gasteiger partial charge is 0.444 e.